The SMILES string of the molecule is CC[O][Ti]([O]CC)([O][Si](CC(C)C)(CC(C)C)CC(C)C)[O][Si](CC(C)C)(CC(C)C)CC(C)C. The van der Waals surface area contributed by atoms with Gasteiger partial charge in [0, 0.05) is 0 Å². The van der Waals surface area contributed by atoms with Gasteiger partial charge in [0.1, 0.15) is 0 Å². The van der Waals surface area contributed by atoms with E-state index in [0.717, 1.165) is 36.3 Å². The average molecular weight is 569 g/mol. The summed E-state index contributed by atoms with van der Waals surface area (Å²) in [6, 6.07) is 6.87. The first kappa shape index (κ1) is 36.0. The van der Waals surface area contributed by atoms with Crippen LogP contribution in [0.5, 0.6) is 0 Å². The molecule has 0 heterocycles. The molecule has 0 N–H and O–H groups in total. The van der Waals surface area contributed by atoms with Crippen molar-refractivity contribution in [1.29, 1.82) is 0 Å². The summed E-state index contributed by atoms with van der Waals surface area (Å²) in [6.45, 7) is 33.5. The van der Waals surface area contributed by atoms with Crippen LogP contribution in [0.15, 0.2) is 0 Å². The maximum atomic E-state index is 7.53. The van der Waals surface area contributed by atoms with Gasteiger partial charge in [-0.1, -0.05) is 0 Å². The Morgan fingerprint density at radius 3 is 0.771 bits per heavy atom. The fourth-order valence-corrected chi connectivity index (χ4v) is 28.4. The van der Waals surface area contributed by atoms with Gasteiger partial charge in [-0.15, -0.1) is 0 Å². The minimum atomic E-state index is -4.03. The molecular formula is C28H64O4Si2Ti. The molecular weight excluding hydrogens is 504 g/mol. The molecule has 0 atom stereocenters. The first-order valence-electron chi connectivity index (χ1n) is 14.7. The van der Waals surface area contributed by atoms with Gasteiger partial charge in [0.25, 0.3) is 0 Å². The fraction of sp³-hybridized carbons (Fsp3) is 1.00. The third-order valence-corrected chi connectivity index (χ3v) is 25.1. The van der Waals surface area contributed by atoms with E-state index in [4.69, 9.17) is 12.7 Å². The molecule has 0 unspecified atom stereocenters. The van der Waals surface area contributed by atoms with E-state index in [0.29, 0.717) is 48.7 Å². The van der Waals surface area contributed by atoms with Crippen LogP contribution in [0.25, 0.3) is 0 Å². The second-order valence-electron chi connectivity index (χ2n) is 13.5. The molecule has 0 fully saturated rings. The van der Waals surface area contributed by atoms with Crippen molar-refractivity contribution in [3.8, 4) is 0 Å². The van der Waals surface area contributed by atoms with Gasteiger partial charge in [0.15, 0.2) is 0 Å². The number of hydrogen-bond acceptors (Lipinski definition) is 4. The van der Waals surface area contributed by atoms with Crippen LogP contribution in [0.1, 0.15) is 96.9 Å². The van der Waals surface area contributed by atoms with Crippen LogP contribution < -0.4 is 0 Å². The van der Waals surface area contributed by atoms with Crippen LogP contribution in [0, 0.1) is 35.5 Å². The normalized spacial score (nSPS) is 14.1. The van der Waals surface area contributed by atoms with Crippen LogP contribution in [0.2, 0.25) is 36.3 Å². The Labute approximate surface area is 228 Å². The Balaban J connectivity index is 6.83. The molecule has 7 heteroatoms. The average Bonchev–Trinajstić information content (AvgIpc) is 2.57. The summed E-state index contributed by atoms with van der Waals surface area (Å²) in [7, 11) is -4.37. The van der Waals surface area contributed by atoms with Crippen LogP contribution in [0.3, 0.4) is 0 Å². The molecule has 4 nitrogen and oxygen atoms in total. The molecule has 212 valence electrons. The zero-order valence-corrected chi connectivity index (χ0v) is 29.8. The maximum absolute atomic E-state index is 7.53. The van der Waals surface area contributed by atoms with Gasteiger partial charge in [-0.2, -0.15) is 0 Å². The number of hydrogen-bond donors (Lipinski definition) is 0. The molecule has 0 bridgehead atoms. The quantitative estimate of drug-likeness (QED) is 0.137. The first-order chi connectivity index (χ1) is 16.0. The third-order valence-electron chi connectivity index (χ3n) is 6.01. The zero-order valence-electron chi connectivity index (χ0n) is 26.3. The van der Waals surface area contributed by atoms with Crippen LogP contribution >= 0.6 is 0 Å². The summed E-state index contributed by atoms with van der Waals surface area (Å²) < 4.78 is 28.4. The molecule has 0 saturated carbocycles. The van der Waals surface area contributed by atoms with E-state index in [1.165, 1.54) is 0 Å². The van der Waals surface area contributed by atoms with Gasteiger partial charge >= 0.3 is 229 Å². The second-order valence-corrected chi connectivity index (χ2v) is 25.5. The van der Waals surface area contributed by atoms with Crippen molar-refractivity contribution in [1.82, 2.24) is 0 Å². The van der Waals surface area contributed by atoms with Gasteiger partial charge in [-0.3, -0.25) is 0 Å². The van der Waals surface area contributed by atoms with E-state index >= 15 is 0 Å². The van der Waals surface area contributed by atoms with E-state index in [1.54, 1.807) is 0 Å². The molecule has 0 amide bonds. The van der Waals surface area contributed by atoms with Crippen LogP contribution in [-0.2, 0) is 30.8 Å². The molecule has 0 aliphatic heterocycles. The Morgan fingerprint density at radius 2 is 0.629 bits per heavy atom. The molecule has 0 aromatic carbocycles. The molecule has 0 aromatic rings. The fourth-order valence-electron chi connectivity index (χ4n) is 6.28. The summed E-state index contributed by atoms with van der Waals surface area (Å²) in [5, 5.41) is 0. The van der Waals surface area contributed by atoms with Crippen LogP contribution in [0.4, 0.5) is 0 Å². The summed E-state index contributed by atoms with van der Waals surface area (Å²) in [5.74, 6) is 3.54. The number of rotatable bonds is 20. The minimum absolute atomic E-state index is 0.588. The van der Waals surface area contributed by atoms with Gasteiger partial charge in [-0.05, 0) is 0 Å². The third kappa shape index (κ3) is 14.6. The first-order valence-corrected chi connectivity index (χ1v) is 22.3. The van der Waals surface area contributed by atoms with E-state index in [2.05, 4.69) is 96.9 Å². The van der Waals surface area contributed by atoms with Crippen molar-refractivity contribution in [3.63, 3.8) is 0 Å². The summed E-state index contributed by atoms with van der Waals surface area (Å²) >= 11 is -4.03. The van der Waals surface area contributed by atoms with Gasteiger partial charge in [-0.25, -0.2) is 0 Å². The molecule has 0 aliphatic rings. The van der Waals surface area contributed by atoms with Crippen molar-refractivity contribution in [2.24, 2.45) is 35.5 Å². The molecule has 35 heavy (non-hydrogen) atoms. The van der Waals surface area contributed by atoms with Crippen molar-refractivity contribution in [3.05, 3.63) is 0 Å². The van der Waals surface area contributed by atoms with Crippen molar-refractivity contribution < 1.29 is 30.8 Å². The van der Waals surface area contributed by atoms with Gasteiger partial charge in [0.2, 0.25) is 0 Å². The van der Waals surface area contributed by atoms with Crippen molar-refractivity contribution in [2.45, 2.75) is 133 Å². The van der Waals surface area contributed by atoms with Crippen molar-refractivity contribution >= 4 is 16.6 Å². The predicted octanol–water partition coefficient (Wildman–Crippen LogP) is 9.73. The van der Waals surface area contributed by atoms with Crippen LogP contribution in [-0.4, -0.2) is 29.8 Å². The zero-order chi connectivity index (χ0) is 27.4. The van der Waals surface area contributed by atoms with Crippen molar-refractivity contribution in [2.75, 3.05) is 13.2 Å². The Bertz CT molecular complexity index is 452. The Hall–Kier alpha value is 0.988. The van der Waals surface area contributed by atoms with E-state index in [1.807, 2.05) is 0 Å². The molecule has 0 spiro atoms. The Kier molecular flexibility index (Phi) is 17.3. The predicted molar refractivity (Wildman–Crippen MR) is 155 cm³/mol. The van der Waals surface area contributed by atoms with Gasteiger partial charge < -0.3 is 0 Å². The van der Waals surface area contributed by atoms with E-state index in [9.17, 15) is 0 Å². The summed E-state index contributed by atoms with van der Waals surface area (Å²) in [5.41, 5.74) is 0. The van der Waals surface area contributed by atoms with E-state index < -0.39 is 34.8 Å². The second kappa shape index (κ2) is 16.8. The Morgan fingerprint density at radius 1 is 0.429 bits per heavy atom. The summed E-state index contributed by atoms with van der Waals surface area (Å²) in [6.07, 6.45) is 0. The molecule has 0 aromatic heterocycles. The molecule has 0 aliphatic carbocycles. The molecule has 0 rings (SSSR count). The molecule has 0 saturated heterocycles. The standard InChI is InChI=1S/2C12H27OSi.2C2H5O.Ti/c2*1-10(2)7-14(13,8-11(3)4)9-12(5)6;2*1-2-3;/h2*10-12H,7-9H2,1-6H3;2*2H2,1H3;/q4*-1;+4. The molecule has 0 radical (unpaired) electrons. The summed E-state index contributed by atoms with van der Waals surface area (Å²) in [4.78, 5) is 0. The van der Waals surface area contributed by atoms with Gasteiger partial charge in [0.05, 0.1) is 0 Å². The topological polar surface area (TPSA) is 36.9 Å². The monoisotopic (exact) mass is 568 g/mol. The van der Waals surface area contributed by atoms with E-state index in [-0.39, 0.29) is 0 Å².